The summed E-state index contributed by atoms with van der Waals surface area (Å²) in [5, 5.41) is 0. The molecule has 0 aromatic rings. The number of hydrogen-bond donors (Lipinski definition) is 0. The van der Waals surface area contributed by atoms with Crippen molar-refractivity contribution in [2.45, 2.75) is 58.3 Å². The molecule has 0 amide bonds. The minimum Gasteiger partial charge on any atom is -0.306 e. The van der Waals surface area contributed by atoms with Gasteiger partial charge < -0.3 is 9.80 Å². The summed E-state index contributed by atoms with van der Waals surface area (Å²) in [6.07, 6.45) is 11.8. The zero-order valence-corrected chi connectivity index (χ0v) is 13.7. The first-order valence-corrected chi connectivity index (χ1v) is 9.06. The van der Waals surface area contributed by atoms with E-state index in [0.717, 1.165) is 17.3 Å². The van der Waals surface area contributed by atoms with Crippen LogP contribution in [-0.2, 0) is 0 Å². The van der Waals surface area contributed by atoms with E-state index in [1.54, 1.807) is 0 Å². The Morgan fingerprint density at radius 2 is 1.40 bits per heavy atom. The summed E-state index contributed by atoms with van der Waals surface area (Å²) in [6, 6.07) is 0. The minimum atomic E-state index is 0.726. The number of piperidine rings is 2. The van der Waals surface area contributed by atoms with Crippen molar-refractivity contribution in [3.05, 3.63) is 0 Å². The summed E-state index contributed by atoms with van der Waals surface area (Å²) >= 11 is 0. The van der Waals surface area contributed by atoms with Gasteiger partial charge in [-0.15, -0.1) is 0 Å². The van der Waals surface area contributed by atoms with Crippen molar-refractivity contribution in [2.24, 2.45) is 17.3 Å². The second kappa shape index (κ2) is 6.36. The molecule has 2 aliphatic heterocycles. The topological polar surface area (TPSA) is 6.48 Å². The first-order chi connectivity index (χ1) is 9.65. The Labute approximate surface area is 125 Å². The third kappa shape index (κ3) is 3.57. The fourth-order valence-corrected chi connectivity index (χ4v) is 4.68. The van der Waals surface area contributed by atoms with Crippen LogP contribution >= 0.6 is 0 Å². The van der Waals surface area contributed by atoms with Crippen molar-refractivity contribution in [1.82, 2.24) is 9.80 Å². The molecular weight excluding hydrogens is 244 g/mol. The standard InChI is InChI=1S/C18H34N2/c1-16-3-5-17(6-4-16)15-20-13-9-18(10-14-20)7-11-19(2)12-8-18/h16-17H,3-15H2,1-2H3. The fraction of sp³-hybridized carbons (Fsp3) is 1.00. The van der Waals surface area contributed by atoms with E-state index >= 15 is 0 Å². The first kappa shape index (κ1) is 14.8. The Morgan fingerprint density at radius 3 is 2.00 bits per heavy atom. The number of likely N-dealkylation sites (tertiary alicyclic amines) is 2. The second-order valence-corrected chi connectivity index (χ2v) is 8.23. The zero-order chi connectivity index (χ0) is 14.0. The van der Waals surface area contributed by atoms with Gasteiger partial charge >= 0.3 is 0 Å². The molecule has 116 valence electrons. The van der Waals surface area contributed by atoms with Crippen LogP contribution < -0.4 is 0 Å². The molecule has 0 atom stereocenters. The van der Waals surface area contributed by atoms with E-state index in [0.29, 0.717) is 0 Å². The summed E-state index contributed by atoms with van der Waals surface area (Å²) < 4.78 is 0. The monoisotopic (exact) mass is 278 g/mol. The van der Waals surface area contributed by atoms with E-state index in [-0.39, 0.29) is 0 Å². The van der Waals surface area contributed by atoms with E-state index in [9.17, 15) is 0 Å². The second-order valence-electron chi connectivity index (χ2n) is 8.23. The molecule has 0 aromatic heterocycles. The summed E-state index contributed by atoms with van der Waals surface area (Å²) in [5.74, 6) is 2.01. The maximum atomic E-state index is 2.80. The Balaban J connectivity index is 1.42. The fourth-order valence-electron chi connectivity index (χ4n) is 4.68. The van der Waals surface area contributed by atoms with Gasteiger partial charge in [-0.1, -0.05) is 19.8 Å². The lowest BCUT2D eigenvalue weighted by molar-refractivity contribution is 0.0339. The molecule has 20 heavy (non-hydrogen) atoms. The summed E-state index contributed by atoms with van der Waals surface area (Å²) in [6.45, 7) is 9.27. The molecule has 2 nitrogen and oxygen atoms in total. The largest absolute Gasteiger partial charge is 0.306 e. The Kier molecular flexibility index (Phi) is 4.72. The van der Waals surface area contributed by atoms with Crippen molar-refractivity contribution in [2.75, 3.05) is 39.8 Å². The summed E-state index contributed by atoms with van der Waals surface area (Å²) in [7, 11) is 2.28. The molecule has 3 fully saturated rings. The molecular formula is C18H34N2. The van der Waals surface area contributed by atoms with Gasteiger partial charge in [-0.25, -0.2) is 0 Å². The van der Waals surface area contributed by atoms with Crippen LogP contribution in [0.3, 0.4) is 0 Å². The van der Waals surface area contributed by atoms with Gasteiger partial charge in [0, 0.05) is 6.54 Å². The van der Waals surface area contributed by atoms with Crippen LogP contribution in [0.2, 0.25) is 0 Å². The SMILES string of the molecule is CC1CCC(CN2CCC3(CCN(C)CC3)CC2)CC1. The predicted octanol–water partition coefficient (Wildman–Crippen LogP) is 3.62. The van der Waals surface area contributed by atoms with E-state index in [2.05, 4.69) is 23.8 Å². The molecule has 3 aliphatic rings. The lowest BCUT2D eigenvalue weighted by Gasteiger charge is -2.47. The third-order valence-corrected chi connectivity index (χ3v) is 6.62. The average Bonchev–Trinajstić information content (AvgIpc) is 2.47. The summed E-state index contributed by atoms with van der Waals surface area (Å²) in [5.41, 5.74) is 0.726. The van der Waals surface area contributed by atoms with E-state index < -0.39 is 0 Å². The lowest BCUT2D eigenvalue weighted by atomic mass is 9.71. The van der Waals surface area contributed by atoms with Gasteiger partial charge in [-0.3, -0.25) is 0 Å². The zero-order valence-electron chi connectivity index (χ0n) is 13.7. The van der Waals surface area contributed by atoms with Crippen LogP contribution in [-0.4, -0.2) is 49.6 Å². The molecule has 1 aliphatic carbocycles. The van der Waals surface area contributed by atoms with Gasteiger partial charge in [0.05, 0.1) is 0 Å². The van der Waals surface area contributed by atoms with E-state index in [1.165, 1.54) is 84.1 Å². The molecule has 2 saturated heterocycles. The molecule has 0 aromatic carbocycles. The minimum absolute atomic E-state index is 0.726. The van der Waals surface area contributed by atoms with Crippen LogP contribution in [0.25, 0.3) is 0 Å². The van der Waals surface area contributed by atoms with Crippen LogP contribution in [0.4, 0.5) is 0 Å². The van der Waals surface area contributed by atoms with Gasteiger partial charge in [-0.05, 0) is 89.0 Å². The highest BCUT2D eigenvalue weighted by atomic mass is 15.1. The van der Waals surface area contributed by atoms with Gasteiger partial charge in [0.15, 0.2) is 0 Å². The molecule has 0 radical (unpaired) electrons. The van der Waals surface area contributed by atoms with Crippen molar-refractivity contribution in [3.63, 3.8) is 0 Å². The third-order valence-electron chi connectivity index (χ3n) is 6.62. The molecule has 3 rings (SSSR count). The molecule has 0 N–H and O–H groups in total. The predicted molar refractivity (Wildman–Crippen MR) is 86.0 cm³/mol. The maximum Gasteiger partial charge on any atom is 0.000967 e. The van der Waals surface area contributed by atoms with Crippen molar-refractivity contribution in [3.8, 4) is 0 Å². The van der Waals surface area contributed by atoms with Crippen LogP contribution in [0.5, 0.6) is 0 Å². The van der Waals surface area contributed by atoms with Crippen LogP contribution in [0.1, 0.15) is 58.3 Å². The van der Waals surface area contributed by atoms with Crippen LogP contribution in [0.15, 0.2) is 0 Å². The van der Waals surface area contributed by atoms with E-state index in [1.807, 2.05) is 0 Å². The molecule has 2 heterocycles. The van der Waals surface area contributed by atoms with Crippen molar-refractivity contribution in [1.29, 1.82) is 0 Å². The molecule has 0 unspecified atom stereocenters. The Bertz CT molecular complexity index is 289. The van der Waals surface area contributed by atoms with Gasteiger partial charge in [0.1, 0.15) is 0 Å². The van der Waals surface area contributed by atoms with Gasteiger partial charge in [0.2, 0.25) is 0 Å². The molecule has 2 heteroatoms. The number of nitrogens with zero attached hydrogens (tertiary/aromatic N) is 2. The molecule has 1 saturated carbocycles. The smallest absolute Gasteiger partial charge is 0.000967 e. The quantitative estimate of drug-likeness (QED) is 0.761. The molecule has 1 spiro atoms. The first-order valence-electron chi connectivity index (χ1n) is 9.06. The van der Waals surface area contributed by atoms with Crippen molar-refractivity contribution < 1.29 is 0 Å². The Hall–Kier alpha value is -0.0800. The maximum absolute atomic E-state index is 2.80. The van der Waals surface area contributed by atoms with Gasteiger partial charge in [0.25, 0.3) is 0 Å². The van der Waals surface area contributed by atoms with Gasteiger partial charge in [-0.2, -0.15) is 0 Å². The highest BCUT2D eigenvalue weighted by Crippen LogP contribution is 2.41. The highest BCUT2D eigenvalue weighted by molar-refractivity contribution is 4.90. The highest BCUT2D eigenvalue weighted by Gasteiger charge is 2.37. The van der Waals surface area contributed by atoms with Crippen LogP contribution in [0, 0.1) is 17.3 Å². The normalized spacial score (nSPS) is 36.3. The van der Waals surface area contributed by atoms with Crippen molar-refractivity contribution >= 4 is 0 Å². The Morgan fingerprint density at radius 1 is 0.850 bits per heavy atom. The number of hydrogen-bond acceptors (Lipinski definition) is 2. The average molecular weight is 278 g/mol. The lowest BCUT2D eigenvalue weighted by Crippen LogP contribution is -2.47. The summed E-state index contributed by atoms with van der Waals surface area (Å²) in [4.78, 5) is 5.31. The van der Waals surface area contributed by atoms with E-state index in [4.69, 9.17) is 0 Å². The number of rotatable bonds is 2. The molecule has 0 bridgehead atoms.